The molecule has 0 radical (unpaired) electrons. The van der Waals surface area contributed by atoms with Crippen LogP contribution >= 0.6 is 12.2 Å². The lowest BCUT2D eigenvalue weighted by Crippen LogP contribution is -2.22. The van der Waals surface area contributed by atoms with Crippen molar-refractivity contribution in [3.05, 3.63) is 58.8 Å². The third-order valence-electron chi connectivity index (χ3n) is 4.06. The topological polar surface area (TPSA) is 86.3 Å². The zero-order valence-electron chi connectivity index (χ0n) is 14.0. The maximum absolute atomic E-state index is 12.8. The number of hydrogen-bond donors (Lipinski definition) is 1. The molecule has 0 saturated heterocycles. The second kappa shape index (κ2) is 6.19. The first kappa shape index (κ1) is 16.2. The SMILES string of the molecule is COc1cccc2c(=O)n(C)c3c(C(=S)Nc4cccnc4)nnn3c12. The molecule has 0 unspecified atom stereocenters. The number of aromatic nitrogens is 5. The predicted molar refractivity (Wildman–Crippen MR) is 102 cm³/mol. The number of benzene rings is 1. The van der Waals surface area contributed by atoms with Crippen LogP contribution in [0.5, 0.6) is 5.75 Å². The lowest BCUT2D eigenvalue weighted by atomic mass is 10.2. The highest BCUT2D eigenvalue weighted by molar-refractivity contribution is 7.81. The molecule has 3 heterocycles. The van der Waals surface area contributed by atoms with Gasteiger partial charge in [-0.3, -0.25) is 14.3 Å². The van der Waals surface area contributed by atoms with E-state index in [2.05, 4.69) is 20.6 Å². The van der Waals surface area contributed by atoms with Crippen LogP contribution in [0.1, 0.15) is 5.69 Å². The monoisotopic (exact) mass is 366 g/mol. The standard InChI is InChI=1S/C17H14N6O2S/c1-22-16-13(15(26)19-10-5-4-8-18-9-10)20-21-23(16)14-11(17(22)24)6-3-7-12(14)25-2/h3-9H,1-2H3,(H,19,26). The minimum atomic E-state index is -0.181. The molecule has 0 amide bonds. The zero-order chi connectivity index (χ0) is 18.3. The molecule has 0 aliphatic rings. The number of anilines is 1. The molecular weight excluding hydrogens is 352 g/mol. The average Bonchev–Trinajstić information content (AvgIpc) is 3.11. The summed E-state index contributed by atoms with van der Waals surface area (Å²) >= 11 is 5.47. The van der Waals surface area contributed by atoms with Gasteiger partial charge >= 0.3 is 0 Å². The van der Waals surface area contributed by atoms with Gasteiger partial charge in [0.15, 0.2) is 11.3 Å². The van der Waals surface area contributed by atoms with Gasteiger partial charge in [0.05, 0.1) is 24.4 Å². The highest BCUT2D eigenvalue weighted by Gasteiger charge is 2.20. The van der Waals surface area contributed by atoms with Gasteiger partial charge in [-0.05, 0) is 24.3 Å². The van der Waals surface area contributed by atoms with Gasteiger partial charge < -0.3 is 10.1 Å². The molecule has 9 heteroatoms. The molecule has 130 valence electrons. The Kier molecular flexibility index (Phi) is 3.85. The Balaban J connectivity index is 1.96. The fraction of sp³-hybridized carbons (Fsp3) is 0.118. The number of nitrogens with one attached hydrogen (secondary N) is 1. The maximum Gasteiger partial charge on any atom is 0.261 e. The second-order valence-corrected chi connectivity index (χ2v) is 6.00. The van der Waals surface area contributed by atoms with E-state index in [-0.39, 0.29) is 5.56 Å². The van der Waals surface area contributed by atoms with Gasteiger partial charge in [0, 0.05) is 13.2 Å². The van der Waals surface area contributed by atoms with E-state index >= 15 is 0 Å². The Morgan fingerprint density at radius 2 is 2.12 bits per heavy atom. The number of para-hydroxylation sites is 1. The van der Waals surface area contributed by atoms with E-state index in [0.717, 1.165) is 5.69 Å². The molecule has 0 aliphatic carbocycles. The highest BCUT2D eigenvalue weighted by atomic mass is 32.1. The fourth-order valence-electron chi connectivity index (χ4n) is 2.86. The third-order valence-corrected chi connectivity index (χ3v) is 4.36. The lowest BCUT2D eigenvalue weighted by molar-refractivity contribution is 0.418. The number of fused-ring (bicyclic) bond motifs is 3. The van der Waals surface area contributed by atoms with Crippen molar-refractivity contribution >= 4 is 39.4 Å². The molecule has 8 nitrogen and oxygen atoms in total. The van der Waals surface area contributed by atoms with Gasteiger partial charge in [-0.1, -0.05) is 23.5 Å². The molecule has 0 aliphatic heterocycles. The van der Waals surface area contributed by atoms with Crippen molar-refractivity contribution in [1.29, 1.82) is 0 Å². The Bertz CT molecular complexity index is 1200. The van der Waals surface area contributed by atoms with Gasteiger partial charge in [0.1, 0.15) is 16.3 Å². The number of rotatable bonds is 3. The van der Waals surface area contributed by atoms with Crippen molar-refractivity contribution in [2.24, 2.45) is 7.05 Å². The molecule has 0 spiro atoms. The van der Waals surface area contributed by atoms with E-state index < -0.39 is 0 Å². The maximum atomic E-state index is 12.8. The molecule has 0 bridgehead atoms. The van der Waals surface area contributed by atoms with Gasteiger partial charge in [0.2, 0.25) is 0 Å². The first-order chi connectivity index (χ1) is 12.6. The molecule has 3 aromatic heterocycles. The van der Waals surface area contributed by atoms with Gasteiger partial charge in [-0.15, -0.1) is 5.10 Å². The summed E-state index contributed by atoms with van der Waals surface area (Å²) in [7, 11) is 3.21. The molecule has 0 atom stereocenters. The number of pyridine rings is 1. The summed E-state index contributed by atoms with van der Waals surface area (Å²) in [5, 5.41) is 12.0. The summed E-state index contributed by atoms with van der Waals surface area (Å²) in [4.78, 5) is 17.2. The van der Waals surface area contributed by atoms with Gasteiger partial charge in [-0.25, -0.2) is 0 Å². The molecule has 0 saturated carbocycles. The quantitative estimate of drug-likeness (QED) is 0.553. The summed E-state index contributed by atoms with van der Waals surface area (Å²) in [6.45, 7) is 0. The Morgan fingerprint density at radius 1 is 1.27 bits per heavy atom. The number of ether oxygens (including phenoxy) is 1. The van der Waals surface area contributed by atoms with E-state index in [1.165, 1.54) is 4.57 Å². The largest absolute Gasteiger partial charge is 0.494 e. The summed E-state index contributed by atoms with van der Waals surface area (Å²) < 4.78 is 8.45. The fourth-order valence-corrected chi connectivity index (χ4v) is 3.11. The van der Waals surface area contributed by atoms with Crippen molar-refractivity contribution in [3.8, 4) is 5.75 Å². The minimum absolute atomic E-state index is 0.181. The minimum Gasteiger partial charge on any atom is -0.494 e. The Labute approximate surface area is 153 Å². The number of methoxy groups -OCH3 is 1. The third kappa shape index (κ3) is 2.40. The Morgan fingerprint density at radius 3 is 2.85 bits per heavy atom. The summed E-state index contributed by atoms with van der Waals surface area (Å²) in [6.07, 6.45) is 3.32. The molecule has 1 N–H and O–H groups in total. The van der Waals surface area contributed by atoms with E-state index in [4.69, 9.17) is 17.0 Å². The molecule has 4 aromatic rings. The van der Waals surface area contributed by atoms with E-state index in [9.17, 15) is 4.79 Å². The molecule has 26 heavy (non-hydrogen) atoms. The van der Waals surface area contributed by atoms with Crippen molar-refractivity contribution in [2.45, 2.75) is 0 Å². The van der Waals surface area contributed by atoms with Crippen LogP contribution in [-0.4, -0.2) is 36.5 Å². The van der Waals surface area contributed by atoms with Crippen molar-refractivity contribution in [3.63, 3.8) is 0 Å². The van der Waals surface area contributed by atoms with Crippen LogP contribution in [0.4, 0.5) is 5.69 Å². The van der Waals surface area contributed by atoms with Crippen LogP contribution in [0, 0.1) is 0 Å². The second-order valence-electron chi connectivity index (χ2n) is 5.59. The van der Waals surface area contributed by atoms with Crippen LogP contribution in [0.2, 0.25) is 0 Å². The molecule has 4 rings (SSSR count). The Hall–Kier alpha value is -3.33. The number of thiocarbonyl (C=S) groups is 1. The van der Waals surface area contributed by atoms with Crippen molar-refractivity contribution in [2.75, 3.05) is 12.4 Å². The average molecular weight is 366 g/mol. The lowest BCUT2D eigenvalue weighted by Gasteiger charge is -2.10. The first-order valence-corrected chi connectivity index (χ1v) is 8.15. The van der Waals surface area contributed by atoms with Crippen LogP contribution in [0.15, 0.2) is 47.5 Å². The van der Waals surface area contributed by atoms with Crippen LogP contribution in [-0.2, 0) is 7.05 Å². The van der Waals surface area contributed by atoms with Crippen LogP contribution < -0.4 is 15.6 Å². The highest BCUT2D eigenvalue weighted by Crippen LogP contribution is 2.24. The van der Waals surface area contributed by atoms with E-state index in [1.807, 2.05) is 6.07 Å². The van der Waals surface area contributed by atoms with Gasteiger partial charge in [-0.2, -0.15) is 4.52 Å². The number of aryl methyl sites for hydroxylation is 1. The van der Waals surface area contributed by atoms with Crippen LogP contribution in [0.3, 0.4) is 0 Å². The molecule has 0 fully saturated rings. The summed E-state index contributed by atoms with van der Waals surface area (Å²) in [5.74, 6) is 0.535. The molecule has 1 aromatic carbocycles. The van der Waals surface area contributed by atoms with Crippen molar-refractivity contribution in [1.82, 2.24) is 24.4 Å². The normalized spacial score (nSPS) is 11.0. The summed E-state index contributed by atoms with van der Waals surface area (Å²) in [5.41, 5.74) is 1.97. The van der Waals surface area contributed by atoms with Gasteiger partial charge in [0.25, 0.3) is 5.56 Å². The number of hydrogen-bond acceptors (Lipinski definition) is 6. The van der Waals surface area contributed by atoms with E-state index in [0.29, 0.717) is 33.0 Å². The van der Waals surface area contributed by atoms with Crippen LogP contribution in [0.25, 0.3) is 16.6 Å². The smallest absolute Gasteiger partial charge is 0.261 e. The zero-order valence-corrected chi connectivity index (χ0v) is 14.8. The molecular formula is C17H14N6O2S. The van der Waals surface area contributed by atoms with Crippen molar-refractivity contribution < 1.29 is 4.74 Å². The number of nitrogens with zero attached hydrogens (tertiary/aromatic N) is 5. The predicted octanol–water partition coefficient (Wildman–Crippen LogP) is 1.77. The first-order valence-electron chi connectivity index (χ1n) is 7.74. The summed E-state index contributed by atoms with van der Waals surface area (Å²) in [6, 6.07) is 8.90. The van der Waals surface area contributed by atoms with E-state index in [1.54, 1.807) is 55.3 Å².